The van der Waals surface area contributed by atoms with Crippen molar-refractivity contribution in [3.63, 3.8) is 0 Å². The fraction of sp³-hybridized carbons (Fsp3) is 0.308. The van der Waals surface area contributed by atoms with Crippen LogP contribution in [-0.2, 0) is 9.53 Å². The predicted molar refractivity (Wildman–Crippen MR) is 79.4 cm³/mol. The summed E-state index contributed by atoms with van der Waals surface area (Å²) in [6.07, 6.45) is 0. The first kappa shape index (κ1) is 17.0. The summed E-state index contributed by atoms with van der Waals surface area (Å²) in [4.78, 5) is 34.2. The van der Waals surface area contributed by atoms with Gasteiger partial charge < -0.3 is 20.5 Å². The van der Waals surface area contributed by atoms with Gasteiger partial charge in [0, 0.05) is 4.47 Å². The number of ether oxygens (including phenoxy) is 1. The fourth-order valence-corrected chi connectivity index (χ4v) is 1.85. The summed E-state index contributed by atoms with van der Waals surface area (Å²) in [6.45, 7) is 3.34. The van der Waals surface area contributed by atoms with E-state index in [1.807, 2.05) is 0 Å². The minimum absolute atomic E-state index is 0.0582. The van der Waals surface area contributed by atoms with Gasteiger partial charge in [-0.3, -0.25) is 0 Å². The lowest BCUT2D eigenvalue weighted by molar-refractivity contribution is -0.144. The highest BCUT2D eigenvalue weighted by Gasteiger charge is 2.18. The van der Waals surface area contributed by atoms with Gasteiger partial charge in [0.2, 0.25) is 0 Å². The standard InChI is InChI=1S/C13H15BrN2O5/c1-3-21-12(19)7(2)15-13(20)16-10-6-8(14)4-5-9(10)11(17)18/h4-7H,3H2,1-2H3,(H,17,18)(H2,15,16,20). The molecule has 3 N–H and O–H groups in total. The highest BCUT2D eigenvalue weighted by Crippen LogP contribution is 2.21. The number of rotatable bonds is 5. The number of aromatic carboxylic acids is 1. The fourth-order valence-electron chi connectivity index (χ4n) is 1.49. The topological polar surface area (TPSA) is 105 Å². The molecule has 0 radical (unpaired) electrons. The van der Waals surface area contributed by atoms with Crippen molar-refractivity contribution in [1.82, 2.24) is 5.32 Å². The van der Waals surface area contributed by atoms with Crippen molar-refractivity contribution in [2.45, 2.75) is 19.9 Å². The molecule has 0 saturated carbocycles. The van der Waals surface area contributed by atoms with Gasteiger partial charge in [-0.05, 0) is 32.0 Å². The summed E-state index contributed by atoms with van der Waals surface area (Å²) in [5.74, 6) is -1.74. The van der Waals surface area contributed by atoms with Gasteiger partial charge in [0.05, 0.1) is 17.9 Å². The summed E-state index contributed by atoms with van der Waals surface area (Å²) >= 11 is 3.19. The Hall–Kier alpha value is -2.09. The maximum atomic E-state index is 11.8. The Bertz CT molecular complexity index is 561. The Balaban J connectivity index is 2.77. The first-order valence-corrected chi connectivity index (χ1v) is 6.91. The van der Waals surface area contributed by atoms with E-state index in [2.05, 4.69) is 26.6 Å². The minimum atomic E-state index is -1.17. The largest absolute Gasteiger partial charge is 0.478 e. The third kappa shape index (κ3) is 5.07. The van der Waals surface area contributed by atoms with Crippen molar-refractivity contribution >= 4 is 39.6 Å². The SMILES string of the molecule is CCOC(=O)C(C)NC(=O)Nc1cc(Br)ccc1C(=O)O. The molecule has 1 aromatic carbocycles. The number of nitrogens with one attached hydrogen (secondary N) is 2. The number of anilines is 1. The summed E-state index contributed by atoms with van der Waals surface area (Å²) in [5, 5.41) is 13.8. The Kier molecular flexibility index (Phi) is 6.16. The van der Waals surface area contributed by atoms with E-state index in [-0.39, 0.29) is 17.9 Å². The van der Waals surface area contributed by atoms with Crippen LogP contribution in [0.4, 0.5) is 10.5 Å². The maximum Gasteiger partial charge on any atom is 0.337 e. The number of amides is 2. The number of esters is 1. The number of carbonyl (C=O) groups is 3. The van der Waals surface area contributed by atoms with Crippen LogP contribution in [0.3, 0.4) is 0 Å². The average Bonchev–Trinajstić information content (AvgIpc) is 2.38. The molecule has 7 nitrogen and oxygen atoms in total. The third-order valence-electron chi connectivity index (χ3n) is 2.45. The van der Waals surface area contributed by atoms with E-state index in [4.69, 9.17) is 9.84 Å². The monoisotopic (exact) mass is 358 g/mol. The van der Waals surface area contributed by atoms with E-state index in [0.29, 0.717) is 4.47 Å². The molecule has 0 heterocycles. The molecule has 0 spiro atoms. The Morgan fingerprint density at radius 1 is 1.38 bits per heavy atom. The summed E-state index contributed by atoms with van der Waals surface area (Å²) in [7, 11) is 0. The van der Waals surface area contributed by atoms with Crippen molar-refractivity contribution < 1.29 is 24.2 Å². The Morgan fingerprint density at radius 2 is 2.05 bits per heavy atom. The number of carbonyl (C=O) groups excluding carboxylic acids is 2. The molecule has 2 amide bonds. The number of benzene rings is 1. The first-order chi connectivity index (χ1) is 9.85. The van der Waals surface area contributed by atoms with E-state index in [1.54, 1.807) is 13.0 Å². The van der Waals surface area contributed by atoms with Gasteiger partial charge in [-0.15, -0.1) is 0 Å². The van der Waals surface area contributed by atoms with E-state index >= 15 is 0 Å². The molecule has 1 aromatic rings. The molecule has 0 aliphatic carbocycles. The van der Waals surface area contributed by atoms with Crippen molar-refractivity contribution in [2.24, 2.45) is 0 Å². The van der Waals surface area contributed by atoms with Crippen LogP contribution in [0.15, 0.2) is 22.7 Å². The summed E-state index contributed by atoms with van der Waals surface area (Å²) in [6, 6.07) is 2.82. The molecule has 0 bridgehead atoms. The zero-order valence-electron chi connectivity index (χ0n) is 11.5. The number of hydrogen-bond donors (Lipinski definition) is 3. The lowest BCUT2D eigenvalue weighted by Crippen LogP contribution is -2.42. The van der Waals surface area contributed by atoms with E-state index < -0.39 is 24.0 Å². The van der Waals surface area contributed by atoms with Crippen molar-refractivity contribution in [1.29, 1.82) is 0 Å². The van der Waals surface area contributed by atoms with Gasteiger partial charge in [0.25, 0.3) is 0 Å². The van der Waals surface area contributed by atoms with Crippen LogP contribution in [0.25, 0.3) is 0 Å². The molecule has 0 fully saturated rings. The highest BCUT2D eigenvalue weighted by atomic mass is 79.9. The van der Waals surface area contributed by atoms with Gasteiger partial charge in [-0.2, -0.15) is 0 Å². The second-order valence-electron chi connectivity index (χ2n) is 4.07. The molecule has 1 atom stereocenters. The van der Waals surface area contributed by atoms with E-state index in [1.165, 1.54) is 19.1 Å². The Morgan fingerprint density at radius 3 is 2.62 bits per heavy atom. The Labute approximate surface area is 129 Å². The third-order valence-corrected chi connectivity index (χ3v) is 2.94. The number of carboxylic acids is 1. The van der Waals surface area contributed by atoms with E-state index in [0.717, 1.165) is 0 Å². The summed E-state index contributed by atoms with van der Waals surface area (Å²) < 4.78 is 5.37. The normalized spacial score (nSPS) is 11.4. The zero-order valence-corrected chi connectivity index (χ0v) is 13.1. The first-order valence-electron chi connectivity index (χ1n) is 6.12. The lowest BCUT2D eigenvalue weighted by atomic mass is 10.2. The summed E-state index contributed by atoms with van der Waals surface area (Å²) in [5.41, 5.74) is 0.0579. The zero-order chi connectivity index (χ0) is 16.0. The van der Waals surface area contributed by atoms with Crippen LogP contribution >= 0.6 is 15.9 Å². The molecule has 0 aliphatic heterocycles. The van der Waals surface area contributed by atoms with Crippen molar-refractivity contribution in [2.75, 3.05) is 11.9 Å². The van der Waals surface area contributed by atoms with Crippen molar-refractivity contribution in [3.05, 3.63) is 28.2 Å². The van der Waals surface area contributed by atoms with Crippen molar-refractivity contribution in [3.8, 4) is 0 Å². The second-order valence-corrected chi connectivity index (χ2v) is 4.98. The quantitative estimate of drug-likeness (QED) is 0.700. The lowest BCUT2D eigenvalue weighted by Gasteiger charge is -2.14. The molecule has 0 saturated heterocycles. The van der Waals surface area contributed by atoms with Gasteiger partial charge in [0.15, 0.2) is 0 Å². The maximum absolute atomic E-state index is 11.8. The molecular formula is C13H15BrN2O5. The van der Waals surface area contributed by atoms with Gasteiger partial charge in [-0.1, -0.05) is 15.9 Å². The van der Waals surface area contributed by atoms with E-state index in [9.17, 15) is 14.4 Å². The molecule has 0 aromatic heterocycles. The van der Waals surface area contributed by atoms with Gasteiger partial charge in [0.1, 0.15) is 6.04 Å². The smallest absolute Gasteiger partial charge is 0.337 e. The molecule has 8 heteroatoms. The molecule has 1 unspecified atom stereocenters. The van der Waals surface area contributed by atoms with Crippen LogP contribution in [0.1, 0.15) is 24.2 Å². The second kappa shape index (κ2) is 7.63. The van der Waals surface area contributed by atoms with Crippen LogP contribution in [0.2, 0.25) is 0 Å². The van der Waals surface area contributed by atoms with Gasteiger partial charge >= 0.3 is 18.0 Å². The number of hydrogen-bond acceptors (Lipinski definition) is 4. The number of carboxylic acid groups (broad SMARTS) is 1. The number of urea groups is 1. The molecule has 0 aliphatic rings. The molecule has 21 heavy (non-hydrogen) atoms. The van der Waals surface area contributed by atoms with Crippen LogP contribution < -0.4 is 10.6 Å². The number of halogens is 1. The van der Waals surface area contributed by atoms with Gasteiger partial charge in [-0.25, -0.2) is 14.4 Å². The molecular weight excluding hydrogens is 344 g/mol. The van der Waals surface area contributed by atoms with Crippen LogP contribution in [0, 0.1) is 0 Å². The van der Waals surface area contributed by atoms with Crippen LogP contribution in [0.5, 0.6) is 0 Å². The predicted octanol–water partition coefficient (Wildman–Crippen LogP) is 2.22. The molecule has 114 valence electrons. The highest BCUT2D eigenvalue weighted by molar-refractivity contribution is 9.10. The molecule has 1 rings (SSSR count). The van der Waals surface area contributed by atoms with Crippen LogP contribution in [-0.4, -0.2) is 35.7 Å². The average molecular weight is 359 g/mol. The minimum Gasteiger partial charge on any atom is -0.478 e.